The maximum atomic E-state index is 11.3. The second-order valence-corrected chi connectivity index (χ2v) is 4.96. The topological polar surface area (TPSA) is 55.1 Å². The SMILES string of the molecule is CCc1nc2ccccc2n1-c1cccc(C(=O)O)c1C. The van der Waals surface area contributed by atoms with E-state index in [-0.39, 0.29) is 0 Å². The maximum absolute atomic E-state index is 11.3. The number of aromatic carboxylic acids is 1. The first-order valence-corrected chi connectivity index (χ1v) is 6.93. The molecule has 0 aliphatic carbocycles. The van der Waals surface area contributed by atoms with Crippen molar-refractivity contribution in [2.24, 2.45) is 0 Å². The van der Waals surface area contributed by atoms with Crippen molar-refractivity contribution < 1.29 is 9.90 Å². The Morgan fingerprint density at radius 1 is 1.19 bits per heavy atom. The summed E-state index contributed by atoms with van der Waals surface area (Å²) in [6, 6.07) is 13.3. The molecule has 4 heteroatoms. The summed E-state index contributed by atoms with van der Waals surface area (Å²) in [5, 5.41) is 9.30. The van der Waals surface area contributed by atoms with Crippen molar-refractivity contribution >= 4 is 17.0 Å². The predicted octanol–water partition coefficient (Wildman–Crippen LogP) is 3.59. The number of fused-ring (bicyclic) bond motifs is 1. The van der Waals surface area contributed by atoms with Crippen LogP contribution in [0, 0.1) is 6.92 Å². The number of rotatable bonds is 3. The average Bonchev–Trinajstić information content (AvgIpc) is 2.85. The van der Waals surface area contributed by atoms with Crippen molar-refractivity contribution in [3.8, 4) is 5.69 Å². The third-order valence-corrected chi connectivity index (χ3v) is 3.72. The summed E-state index contributed by atoms with van der Waals surface area (Å²) in [6.45, 7) is 3.89. The van der Waals surface area contributed by atoms with Gasteiger partial charge in [0.2, 0.25) is 0 Å². The van der Waals surface area contributed by atoms with Crippen molar-refractivity contribution in [1.29, 1.82) is 0 Å². The molecule has 3 aromatic rings. The number of para-hydroxylation sites is 2. The van der Waals surface area contributed by atoms with Gasteiger partial charge in [-0.15, -0.1) is 0 Å². The molecule has 0 aliphatic rings. The Morgan fingerprint density at radius 3 is 2.67 bits per heavy atom. The summed E-state index contributed by atoms with van der Waals surface area (Å²) < 4.78 is 2.05. The molecule has 0 radical (unpaired) electrons. The monoisotopic (exact) mass is 280 g/mol. The number of carboxylic acid groups (broad SMARTS) is 1. The fourth-order valence-electron chi connectivity index (χ4n) is 2.68. The number of aryl methyl sites for hydroxylation is 1. The van der Waals surface area contributed by atoms with Gasteiger partial charge in [0.25, 0.3) is 0 Å². The summed E-state index contributed by atoms with van der Waals surface area (Å²) in [6.07, 6.45) is 0.783. The van der Waals surface area contributed by atoms with Gasteiger partial charge in [-0.2, -0.15) is 0 Å². The molecular weight excluding hydrogens is 264 g/mol. The first-order chi connectivity index (χ1) is 10.1. The Hall–Kier alpha value is -2.62. The minimum Gasteiger partial charge on any atom is -0.478 e. The van der Waals surface area contributed by atoms with Crippen LogP contribution in [0.1, 0.15) is 28.7 Å². The van der Waals surface area contributed by atoms with E-state index in [1.807, 2.05) is 44.2 Å². The van der Waals surface area contributed by atoms with E-state index in [1.165, 1.54) is 0 Å². The lowest BCUT2D eigenvalue weighted by Gasteiger charge is -2.13. The summed E-state index contributed by atoms with van der Waals surface area (Å²) in [5.74, 6) is 0.0265. The van der Waals surface area contributed by atoms with Crippen LogP contribution in [-0.2, 0) is 6.42 Å². The van der Waals surface area contributed by atoms with Crippen LogP contribution in [0.15, 0.2) is 42.5 Å². The highest BCUT2D eigenvalue weighted by Crippen LogP contribution is 2.25. The highest BCUT2D eigenvalue weighted by molar-refractivity contribution is 5.91. The third-order valence-electron chi connectivity index (χ3n) is 3.72. The molecule has 21 heavy (non-hydrogen) atoms. The largest absolute Gasteiger partial charge is 0.478 e. The molecule has 0 spiro atoms. The van der Waals surface area contributed by atoms with Gasteiger partial charge < -0.3 is 5.11 Å². The average molecular weight is 280 g/mol. The van der Waals surface area contributed by atoms with Crippen molar-refractivity contribution in [3.05, 3.63) is 59.4 Å². The van der Waals surface area contributed by atoms with E-state index in [2.05, 4.69) is 9.55 Å². The number of hydrogen-bond acceptors (Lipinski definition) is 2. The molecule has 0 bridgehead atoms. The van der Waals surface area contributed by atoms with Gasteiger partial charge in [-0.3, -0.25) is 4.57 Å². The van der Waals surface area contributed by atoms with Crippen molar-refractivity contribution in [1.82, 2.24) is 9.55 Å². The van der Waals surface area contributed by atoms with Gasteiger partial charge in [0, 0.05) is 6.42 Å². The lowest BCUT2D eigenvalue weighted by molar-refractivity contribution is 0.0696. The summed E-state index contributed by atoms with van der Waals surface area (Å²) in [4.78, 5) is 16.0. The van der Waals surface area contributed by atoms with Gasteiger partial charge in [0.1, 0.15) is 5.82 Å². The number of imidazole rings is 1. The molecule has 0 amide bonds. The number of carboxylic acids is 1. The summed E-state index contributed by atoms with van der Waals surface area (Å²) in [5.41, 5.74) is 3.88. The second-order valence-electron chi connectivity index (χ2n) is 4.96. The molecule has 0 unspecified atom stereocenters. The zero-order valence-corrected chi connectivity index (χ0v) is 12.0. The fraction of sp³-hybridized carbons (Fsp3) is 0.176. The Morgan fingerprint density at radius 2 is 1.95 bits per heavy atom. The van der Waals surface area contributed by atoms with Gasteiger partial charge in [-0.05, 0) is 36.8 Å². The number of carbonyl (C=O) groups is 1. The smallest absolute Gasteiger partial charge is 0.336 e. The highest BCUT2D eigenvalue weighted by atomic mass is 16.4. The van der Waals surface area contributed by atoms with E-state index in [4.69, 9.17) is 0 Å². The van der Waals surface area contributed by atoms with Crippen LogP contribution in [0.5, 0.6) is 0 Å². The van der Waals surface area contributed by atoms with Crippen LogP contribution in [0.4, 0.5) is 0 Å². The standard InChI is InChI=1S/C17H16N2O2/c1-3-16-18-13-8-4-5-9-15(13)19(16)14-10-6-7-12(11(14)2)17(20)21/h4-10H,3H2,1-2H3,(H,20,21). The normalized spacial score (nSPS) is 11.0. The van der Waals surface area contributed by atoms with E-state index in [0.717, 1.165) is 34.5 Å². The van der Waals surface area contributed by atoms with Crippen LogP contribution in [0.3, 0.4) is 0 Å². The fourth-order valence-corrected chi connectivity index (χ4v) is 2.68. The zero-order chi connectivity index (χ0) is 15.0. The molecule has 0 fully saturated rings. The second kappa shape index (κ2) is 5.05. The molecule has 106 valence electrons. The molecule has 0 saturated carbocycles. The van der Waals surface area contributed by atoms with Gasteiger partial charge >= 0.3 is 5.97 Å². The molecule has 0 aliphatic heterocycles. The molecular formula is C17H16N2O2. The first-order valence-electron chi connectivity index (χ1n) is 6.93. The minimum atomic E-state index is -0.906. The Labute approximate surface area is 122 Å². The van der Waals surface area contributed by atoms with E-state index in [0.29, 0.717) is 5.56 Å². The molecule has 1 aromatic heterocycles. The van der Waals surface area contributed by atoms with Crippen molar-refractivity contribution in [2.45, 2.75) is 20.3 Å². The summed E-state index contributed by atoms with van der Waals surface area (Å²) in [7, 11) is 0. The number of hydrogen-bond donors (Lipinski definition) is 1. The van der Waals surface area contributed by atoms with E-state index < -0.39 is 5.97 Å². The van der Waals surface area contributed by atoms with Gasteiger partial charge in [-0.25, -0.2) is 9.78 Å². The van der Waals surface area contributed by atoms with E-state index in [1.54, 1.807) is 12.1 Å². The molecule has 1 N–H and O–H groups in total. The Balaban J connectivity index is 2.35. The number of nitrogens with zero attached hydrogens (tertiary/aromatic N) is 2. The van der Waals surface area contributed by atoms with Gasteiger partial charge in [-0.1, -0.05) is 25.1 Å². The van der Waals surface area contributed by atoms with Crippen LogP contribution < -0.4 is 0 Å². The lowest BCUT2D eigenvalue weighted by Crippen LogP contribution is -2.07. The van der Waals surface area contributed by atoms with Crippen LogP contribution in [0.2, 0.25) is 0 Å². The minimum absolute atomic E-state index is 0.326. The van der Waals surface area contributed by atoms with Crippen molar-refractivity contribution in [2.75, 3.05) is 0 Å². The number of aromatic nitrogens is 2. The molecule has 4 nitrogen and oxygen atoms in total. The predicted molar refractivity (Wildman–Crippen MR) is 82.1 cm³/mol. The maximum Gasteiger partial charge on any atom is 0.336 e. The zero-order valence-electron chi connectivity index (χ0n) is 12.0. The van der Waals surface area contributed by atoms with E-state index in [9.17, 15) is 9.90 Å². The lowest BCUT2D eigenvalue weighted by atomic mass is 10.1. The number of benzene rings is 2. The first kappa shape index (κ1) is 13.4. The van der Waals surface area contributed by atoms with Gasteiger partial charge in [0.05, 0.1) is 22.3 Å². The highest BCUT2D eigenvalue weighted by Gasteiger charge is 2.16. The molecule has 0 atom stereocenters. The molecule has 1 heterocycles. The molecule has 2 aromatic carbocycles. The summed E-state index contributed by atoms with van der Waals surface area (Å²) >= 11 is 0. The molecule has 0 saturated heterocycles. The van der Waals surface area contributed by atoms with Crippen LogP contribution in [0.25, 0.3) is 16.7 Å². The quantitative estimate of drug-likeness (QED) is 0.797. The van der Waals surface area contributed by atoms with Crippen LogP contribution >= 0.6 is 0 Å². The van der Waals surface area contributed by atoms with Crippen LogP contribution in [-0.4, -0.2) is 20.6 Å². The van der Waals surface area contributed by atoms with E-state index >= 15 is 0 Å². The third kappa shape index (κ3) is 2.09. The van der Waals surface area contributed by atoms with Gasteiger partial charge in [0.15, 0.2) is 0 Å². The van der Waals surface area contributed by atoms with Crippen molar-refractivity contribution in [3.63, 3.8) is 0 Å². The Bertz CT molecular complexity index is 834. The Kier molecular flexibility index (Phi) is 3.22. The molecule has 3 rings (SSSR count).